The summed E-state index contributed by atoms with van der Waals surface area (Å²) in [6, 6.07) is 0. The van der Waals surface area contributed by atoms with Crippen LogP contribution >= 0.6 is 15.8 Å². The first kappa shape index (κ1) is 30.7. The minimum Gasteiger partial charge on any atom is -0.418 e. The van der Waals surface area contributed by atoms with E-state index in [2.05, 4.69) is 52.0 Å². The van der Waals surface area contributed by atoms with E-state index in [4.69, 9.17) is 0 Å². The molecule has 2 heterocycles. The molecule has 0 nitrogen and oxygen atoms in total. The van der Waals surface area contributed by atoms with E-state index in [0.717, 1.165) is 22.6 Å². The molecule has 0 bridgehead atoms. The Balaban J connectivity index is 0.000000504. The Morgan fingerprint density at radius 2 is 0.800 bits per heavy atom. The maximum Gasteiger partial charge on any atom is 0.673 e. The summed E-state index contributed by atoms with van der Waals surface area (Å²) in [7, 11) is -5.21. The molecule has 0 N–H and O–H groups in total. The molecule has 0 aromatic rings. The van der Waals surface area contributed by atoms with E-state index >= 15 is 0 Å². The Hall–Kier alpha value is 0.748. The number of hydrogen-bond acceptors (Lipinski definition) is 0. The van der Waals surface area contributed by atoms with Gasteiger partial charge < -0.3 is 17.3 Å². The van der Waals surface area contributed by atoms with Gasteiger partial charge in [-0.05, 0) is 86.3 Å². The van der Waals surface area contributed by atoms with Gasteiger partial charge in [0.25, 0.3) is 0 Å². The van der Waals surface area contributed by atoms with Crippen molar-refractivity contribution in [3.8, 4) is 0 Å². The molecule has 0 aromatic heterocycles. The fraction of sp³-hybridized carbons (Fsp3) is 0.818. The van der Waals surface area contributed by atoms with Gasteiger partial charge in [0.15, 0.2) is 0 Å². The topological polar surface area (TPSA) is 0 Å². The molecule has 2 saturated heterocycles. The zero-order valence-corrected chi connectivity index (χ0v) is 22.4. The third kappa shape index (κ3) is 14.0. The van der Waals surface area contributed by atoms with Gasteiger partial charge in [-0.15, -0.1) is 15.8 Å². The SMILES string of the molecule is C1=CCCC=CCC1.CC1CCC(C)P1CCP1C(C)CCC1C.F[B-](F)(F)F.[Rh]. The van der Waals surface area contributed by atoms with Crippen molar-refractivity contribution >= 4 is 23.1 Å². The fourth-order valence-electron chi connectivity index (χ4n) is 4.47. The molecule has 0 aromatic carbocycles. The number of hydrogen-bond donors (Lipinski definition) is 0. The van der Waals surface area contributed by atoms with Crippen molar-refractivity contribution < 1.29 is 36.7 Å². The summed E-state index contributed by atoms with van der Waals surface area (Å²) in [6.45, 7) is 10.1. The smallest absolute Gasteiger partial charge is 0.418 e. The minimum absolute atomic E-state index is 0. The van der Waals surface area contributed by atoms with Crippen LogP contribution in [0.25, 0.3) is 0 Å². The largest absolute Gasteiger partial charge is 0.673 e. The van der Waals surface area contributed by atoms with E-state index in [1.165, 1.54) is 51.4 Å². The summed E-state index contributed by atoms with van der Waals surface area (Å²) >= 11 is 0. The van der Waals surface area contributed by atoms with Crippen molar-refractivity contribution in [3.05, 3.63) is 24.3 Å². The van der Waals surface area contributed by atoms with Crippen molar-refractivity contribution in [1.29, 1.82) is 0 Å². The number of rotatable bonds is 3. The van der Waals surface area contributed by atoms with Gasteiger partial charge in [-0.3, -0.25) is 0 Å². The van der Waals surface area contributed by atoms with Crippen LogP contribution in [0.1, 0.15) is 79.1 Å². The second kappa shape index (κ2) is 16.4. The van der Waals surface area contributed by atoms with E-state index in [1.807, 2.05) is 0 Å². The van der Waals surface area contributed by atoms with E-state index < -0.39 is 7.25 Å². The number of halogens is 4. The maximum atomic E-state index is 9.75. The van der Waals surface area contributed by atoms with Gasteiger partial charge in [-0.1, -0.05) is 52.0 Å². The van der Waals surface area contributed by atoms with Crippen LogP contribution in [-0.2, 0) is 19.5 Å². The van der Waals surface area contributed by atoms with E-state index in [-0.39, 0.29) is 19.5 Å². The van der Waals surface area contributed by atoms with Gasteiger partial charge in [0.1, 0.15) is 0 Å². The summed E-state index contributed by atoms with van der Waals surface area (Å²) < 4.78 is 39.0. The van der Waals surface area contributed by atoms with Crippen molar-refractivity contribution in [2.45, 2.75) is 102 Å². The Morgan fingerprint density at radius 1 is 0.600 bits per heavy atom. The first-order chi connectivity index (χ1) is 13.6. The summed E-state index contributed by atoms with van der Waals surface area (Å²) in [6.07, 6.45) is 23.3. The first-order valence-corrected chi connectivity index (χ1v) is 14.6. The van der Waals surface area contributed by atoms with Crippen molar-refractivity contribution in [2.24, 2.45) is 0 Å². The summed E-state index contributed by atoms with van der Waals surface area (Å²) in [5, 5.41) is 0. The van der Waals surface area contributed by atoms with Crippen LogP contribution in [0, 0.1) is 0 Å². The van der Waals surface area contributed by atoms with Gasteiger partial charge in [0.2, 0.25) is 0 Å². The van der Waals surface area contributed by atoms with Gasteiger partial charge in [-0.2, -0.15) is 0 Å². The average Bonchev–Trinajstić information content (AvgIpc) is 3.06. The molecule has 4 unspecified atom stereocenters. The Kier molecular flexibility index (Phi) is 16.8. The second-order valence-corrected chi connectivity index (χ2v) is 15.1. The third-order valence-corrected chi connectivity index (χ3v) is 13.6. The summed E-state index contributed by atoms with van der Waals surface area (Å²) in [5.41, 5.74) is 4.31. The van der Waals surface area contributed by atoms with Crippen LogP contribution in [0.4, 0.5) is 17.3 Å². The normalized spacial score (nSPS) is 33.3. The van der Waals surface area contributed by atoms with Crippen LogP contribution in [0.3, 0.4) is 0 Å². The predicted octanol–water partition coefficient (Wildman–Crippen LogP) is 9.06. The molecule has 1 aliphatic carbocycles. The zero-order valence-electron chi connectivity index (χ0n) is 19.0. The van der Waals surface area contributed by atoms with Gasteiger partial charge in [-0.25, -0.2) is 0 Å². The van der Waals surface area contributed by atoms with Gasteiger partial charge in [0.05, 0.1) is 0 Å². The summed E-state index contributed by atoms with van der Waals surface area (Å²) in [4.78, 5) is 0. The van der Waals surface area contributed by atoms with Crippen molar-refractivity contribution in [2.75, 3.05) is 12.3 Å². The molecule has 2 aliphatic heterocycles. The molecule has 0 saturated carbocycles. The molecule has 2 fully saturated rings. The van der Waals surface area contributed by atoms with Crippen LogP contribution in [-0.4, -0.2) is 42.2 Å². The molecule has 1 radical (unpaired) electrons. The maximum absolute atomic E-state index is 9.75. The first-order valence-electron chi connectivity index (χ1n) is 11.3. The van der Waals surface area contributed by atoms with Gasteiger partial charge in [0, 0.05) is 19.5 Å². The standard InChI is InChI=1S/C14H28P2.C8H12.BF4.Rh/c1-11-5-6-12(2)15(11)9-10-16-13(3)7-8-14(16)4;1-2-4-6-8-7-5-3-1;2-1(3,4)5;/h11-14H,5-10H2,1-4H3;1-2,7-8H,3-6H2;;/q;;-1;. The Morgan fingerprint density at radius 3 is 1.00 bits per heavy atom. The van der Waals surface area contributed by atoms with Crippen LogP contribution < -0.4 is 0 Å². The molecule has 179 valence electrons. The molecule has 0 amide bonds. The molecule has 3 aliphatic rings. The van der Waals surface area contributed by atoms with E-state index in [9.17, 15) is 17.3 Å². The molecule has 30 heavy (non-hydrogen) atoms. The molecular weight excluding hydrogens is 516 g/mol. The fourth-order valence-corrected chi connectivity index (χ4v) is 11.7. The van der Waals surface area contributed by atoms with Crippen LogP contribution in [0.2, 0.25) is 0 Å². The number of allylic oxidation sites excluding steroid dienone is 4. The quantitative estimate of drug-likeness (QED) is 0.141. The van der Waals surface area contributed by atoms with Crippen LogP contribution in [0.15, 0.2) is 24.3 Å². The molecule has 3 rings (SSSR count). The van der Waals surface area contributed by atoms with Crippen molar-refractivity contribution in [1.82, 2.24) is 0 Å². The summed E-state index contributed by atoms with van der Waals surface area (Å²) in [5.74, 6) is 0. The van der Waals surface area contributed by atoms with E-state index in [1.54, 1.807) is 12.3 Å². The molecule has 0 spiro atoms. The van der Waals surface area contributed by atoms with Crippen molar-refractivity contribution in [3.63, 3.8) is 0 Å². The minimum atomic E-state index is -6.00. The molecule has 4 atom stereocenters. The van der Waals surface area contributed by atoms with Crippen LogP contribution in [0.5, 0.6) is 0 Å². The zero-order chi connectivity index (χ0) is 21.9. The predicted molar refractivity (Wildman–Crippen MR) is 127 cm³/mol. The Bertz CT molecular complexity index is 426. The third-order valence-electron chi connectivity index (χ3n) is 6.22. The molecular formula is C22H40BF4P2Rh-. The van der Waals surface area contributed by atoms with E-state index in [0.29, 0.717) is 15.8 Å². The molecule has 8 heteroatoms. The van der Waals surface area contributed by atoms with Gasteiger partial charge >= 0.3 is 7.25 Å². The Labute approximate surface area is 197 Å². The average molecular weight is 556 g/mol. The second-order valence-electron chi connectivity index (χ2n) is 8.62. The monoisotopic (exact) mass is 556 g/mol.